The number of carbonyl (C=O) groups excluding carboxylic acids is 3. The Hall–Kier alpha value is -2.23. The third-order valence-corrected chi connectivity index (χ3v) is 6.06. The van der Waals surface area contributed by atoms with Crippen LogP contribution in [-0.2, 0) is 14.4 Å². The topological polar surface area (TPSA) is 71.4 Å². The standard InChI is InChI=1S/C24H30O4/c1-14-8-6-7-9-15(14)20(21-16(25)10-23(2,3)11-17(21)26)22-18(27)12-24(4,5)13-19(22)28/h6-9,20-21,27H,10-13H2,1-5H3. The Labute approximate surface area is 167 Å². The predicted octanol–water partition coefficient (Wildman–Crippen LogP) is 4.85. The van der Waals surface area contributed by atoms with Crippen molar-refractivity contribution in [1.29, 1.82) is 0 Å². The number of allylic oxidation sites excluding steroid dienone is 2. The Balaban J connectivity index is 2.18. The Morgan fingerprint density at radius 2 is 1.43 bits per heavy atom. The summed E-state index contributed by atoms with van der Waals surface area (Å²) in [7, 11) is 0. The summed E-state index contributed by atoms with van der Waals surface area (Å²) >= 11 is 0. The number of carbonyl (C=O) groups is 3. The van der Waals surface area contributed by atoms with Crippen molar-refractivity contribution in [3.8, 4) is 0 Å². The summed E-state index contributed by atoms with van der Waals surface area (Å²) in [6.45, 7) is 9.65. The van der Waals surface area contributed by atoms with Crippen LogP contribution in [0.1, 0.15) is 70.4 Å². The first-order valence-electron chi connectivity index (χ1n) is 9.98. The van der Waals surface area contributed by atoms with Crippen molar-refractivity contribution < 1.29 is 19.5 Å². The molecule has 0 saturated heterocycles. The maximum Gasteiger partial charge on any atom is 0.163 e. The molecule has 28 heavy (non-hydrogen) atoms. The first-order valence-corrected chi connectivity index (χ1v) is 9.98. The molecule has 0 heterocycles. The van der Waals surface area contributed by atoms with Crippen LogP contribution in [0.2, 0.25) is 0 Å². The molecule has 1 fully saturated rings. The molecule has 150 valence electrons. The van der Waals surface area contributed by atoms with Crippen LogP contribution < -0.4 is 0 Å². The van der Waals surface area contributed by atoms with E-state index in [4.69, 9.17) is 0 Å². The third-order valence-electron chi connectivity index (χ3n) is 6.06. The fraction of sp³-hybridized carbons (Fsp3) is 0.542. The van der Waals surface area contributed by atoms with E-state index in [0.29, 0.717) is 25.7 Å². The number of hydrogen-bond donors (Lipinski definition) is 1. The third kappa shape index (κ3) is 3.82. The van der Waals surface area contributed by atoms with Gasteiger partial charge in [-0.05, 0) is 28.9 Å². The van der Waals surface area contributed by atoms with Crippen molar-refractivity contribution >= 4 is 17.3 Å². The van der Waals surface area contributed by atoms with E-state index in [-0.39, 0.29) is 39.5 Å². The van der Waals surface area contributed by atoms with Gasteiger partial charge in [-0.1, -0.05) is 52.0 Å². The zero-order valence-corrected chi connectivity index (χ0v) is 17.5. The Kier molecular flexibility index (Phi) is 5.11. The number of aliphatic hydroxyl groups is 1. The molecule has 3 rings (SSSR count). The largest absolute Gasteiger partial charge is 0.512 e. The molecule has 1 unspecified atom stereocenters. The van der Waals surface area contributed by atoms with Gasteiger partial charge in [-0.2, -0.15) is 0 Å². The van der Waals surface area contributed by atoms with Crippen LogP contribution in [0.25, 0.3) is 0 Å². The first-order chi connectivity index (χ1) is 12.9. The van der Waals surface area contributed by atoms with Gasteiger partial charge in [0, 0.05) is 37.2 Å². The maximum absolute atomic E-state index is 13.1. The lowest BCUT2D eigenvalue weighted by Gasteiger charge is -2.39. The summed E-state index contributed by atoms with van der Waals surface area (Å²) in [6, 6.07) is 7.53. The fourth-order valence-corrected chi connectivity index (χ4v) is 4.87. The summed E-state index contributed by atoms with van der Waals surface area (Å²) in [5, 5.41) is 10.8. The van der Waals surface area contributed by atoms with Crippen LogP contribution in [0.3, 0.4) is 0 Å². The fourth-order valence-electron chi connectivity index (χ4n) is 4.87. The summed E-state index contributed by atoms with van der Waals surface area (Å²) in [6.07, 6.45) is 1.28. The van der Waals surface area contributed by atoms with Gasteiger partial charge in [0.2, 0.25) is 0 Å². The molecule has 2 aliphatic carbocycles. The number of Topliss-reactive ketones (excluding diaryl/α,β-unsaturated/α-hetero) is 3. The average Bonchev–Trinajstić information content (AvgIpc) is 2.50. The van der Waals surface area contributed by atoms with Gasteiger partial charge in [0.1, 0.15) is 17.3 Å². The smallest absolute Gasteiger partial charge is 0.163 e. The van der Waals surface area contributed by atoms with E-state index in [0.717, 1.165) is 11.1 Å². The van der Waals surface area contributed by atoms with Crippen LogP contribution in [0.5, 0.6) is 0 Å². The van der Waals surface area contributed by atoms with Crippen LogP contribution in [0.15, 0.2) is 35.6 Å². The zero-order chi connectivity index (χ0) is 20.9. The Bertz CT molecular complexity index is 852. The monoisotopic (exact) mass is 382 g/mol. The molecule has 0 aliphatic heterocycles. The van der Waals surface area contributed by atoms with E-state index in [2.05, 4.69) is 0 Å². The highest BCUT2D eigenvalue weighted by Gasteiger charge is 2.48. The highest BCUT2D eigenvalue weighted by Crippen LogP contribution is 2.47. The molecule has 0 aromatic heterocycles. The highest BCUT2D eigenvalue weighted by atomic mass is 16.3. The molecule has 4 heteroatoms. The number of benzene rings is 1. The van der Waals surface area contributed by atoms with Gasteiger partial charge in [0.15, 0.2) is 5.78 Å². The minimum absolute atomic E-state index is 0.0277. The lowest BCUT2D eigenvalue weighted by atomic mass is 9.62. The number of rotatable bonds is 3. The van der Waals surface area contributed by atoms with Crippen molar-refractivity contribution in [2.24, 2.45) is 16.7 Å². The lowest BCUT2D eigenvalue weighted by molar-refractivity contribution is -0.140. The van der Waals surface area contributed by atoms with Crippen LogP contribution in [0, 0.1) is 23.7 Å². The summed E-state index contributed by atoms with van der Waals surface area (Å²) in [4.78, 5) is 39.3. The van der Waals surface area contributed by atoms with Crippen molar-refractivity contribution in [1.82, 2.24) is 0 Å². The molecule has 1 aromatic carbocycles. The van der Waals surface area contributed by atoms with Gasteiger partial charge in [-0.3, -0.25) is 14.4 Å². The lowest BCUT2D eigenvalue weighted by Crippen LogP contribution is -2.43. The minimum atomic E-state index is -0.906. The van der Waals surface area contributed by atoms with Crippen LogP contribution >= 0.6 is 0 Å². The van der Waals surface area contributed by atoms with Crippen LogP contribution in [0.4, 0.5) is 0 Å². The number of hydrogen-bond acceptors (Lipinski definition) is 4. The predicted molar refractivity (Wildman–Crippen MR) is 108 cm³/mol. The van der Waals surface area contributed by atoms with E-state index in [1.165, 1.54) is 0 Å². The van der Waals surface area contributed by atoms with Crippen molar-refractivity contribution in [2.75, 3.05) is 0 Å². The second-order valence-electron chi connectivity index (χ2n) is 10.1. The van der Waals surface area contributed by atoms with Gasteiger partial charge in [0.05, 0.1) is 5.92 Å². The molecule has 0 radical (unpaired) electrons. The summed E-state index contributed by atoms with van der Waals surface area (Å²) in [5.74, 6) is -2.01. The number of ketones is 3. The first kappa shape index (κ1) is 20.5. The van der Waals surface area contributed by atoms with E-state index in [1.54, 1.807) is 0 Å². The SMILES string of the molecule is Cc1ccccc1C(C1=C(O)CC(C)(C)CC1=O)C1C(=O)CC(C)(C)CC1=O. The molecular weight excluding hydrogens is 352 g/mol. The molecule has 0 spiro atoms. The molecule has 1 atom stereocenters. The molecule has 0 bridgehead atoms. The van der Waals surface area contributed by atoms with Crippen LogP contribution in [-0.4, -0.2) is 22.5 Å². The van der Waals surface area contributed by atoms with Gasteiger partial charge < -0.3 is 5.11 Å². The van der Waals surface area contributed by atoms with Crippen molar-refractivity contribution in [3.05, 3.63) is 46.7 Å². The van der Waals surface area contributed by atoms with E-state index in [9.17, 15) is 19.5 Å². The summed E-state index contributed by atoms with van der Waals surface area (Å²) < 4.78 is 0. The number of aliphatic hydroxyl groups excluding tert-OH is 1. The molecular formula is C24H30O4. The van der Waals surface area contributed by atoms with Gasteiger partial charge in [-0.15, -0.1) is 0 Å². The van der Waals surface area contributed by atoms with E-state index >= 15 is 0 Å². The molecule has 1 N–H and O–H groups in total. The number of aryl methyl sites for hydroxylation is 1. The maximum atomic E-state index is 13.1. The van der Waals surface area contributed by atoms with Gasteiger partial charge in [-0.25, -0.2) is 0 Å². The highest BCUT2D eigenvalue weighted by molar-refractivity contribution is 6.09. The quantitative estimate of drug-likeness (QED) is 0.758. The Morgan fingerprint density at radius 1 is 0.893 bits per heavy atom. The normalized spacial score (nSPS) is 23.8. The minimum Gasteiger partial charge on any atom is -0.512 e. The van der Waals surface area contributed by atoms with E-state index < -0.39 is 11.8 Å². The van der Waals surface area contributed by atoms with E-state index in [1.807, 2.05) is 58.9 Å². The van der Waals surface area contributed by atoms with Crippen molar-refractivity contribution in [3.63, 3.8) is 0 Å². The average molecular weight is 383 g/mol. The molecule has 0 amide bonds. The molecule has 1 saturated carbocycles. The van der Waals surface area contributed by atoms with Gasteiger partial charge in [0.25, 0.3) is 0 Å². The zero-order valence-electron chi connectivity index (χ0n) is 17.5. The van der Waals surface area contributed by atoms with Crippen molar-refractivity contribution in [2.45, 2.75) is 66.2 Å². The summed E-state index contributed by atoms with van der Waals surface area (Å²) in [5.41, 5.74) is 1.26. The van der Waals surface area contributed by atoms with Gasteiger partial charge >= 0.3 is 0 Å². The second kappa shape index (κ2) is 6.98. The molecule has 2 aliphatic rings. The second-order valence-corrected chi connectivity index (χ2v) is 10.1. The molecule has 4 nitrogen and oxygen atoms in total. The Morgan fingerprint density at radius 3 is 1.96 bits per heavy atom. The molecule has 1 aromatic rings.